The summed E-state index contributed by atoms with van der Waals surface area (Å²) in [5.74, 6) is 0.888. The molecule has 2 aliphatic rings. The Bertz CT molecular complexity index is 437. The quantitative estimate of drug-likeness (QED) is 0.390. The zero-order valence-electron chi connectivity index (χ0n) is 16.4. The maximum absolute atomic E-state index is 12.5. The highest BCUT2D eigenvalue weighted by Crippen LogP contribution is 2.42. The van der Waals surface area contributed by atoms with E-state index < -0.39 is 0 Å². The summed E-state index contributed by atoms with van der Waals surface area (Å²) < 4.78 is 5.84. The van der Waals surface area contributed by atoms with E-state index in [2.05, 4.69) is 19.9 Å². The number of nitrogens with zero attached hydrogens (tertiary/aromatic N) is 1. The van der Waals surface area contributed by atoms with Crippen LogP contribution in [0.3, 0.4) is 0 Å². The molecule has 0 bridgehead atoms. The molecule has 0 saturated heterocycles. The van der Waals surface area contributed by atoms with E-state index in [1.807, 2.05) is 0 Å². The van der Waals surface area contributed by atoms with E-state index in [1.54, 1.807) is 0 Å². The first-order valence-electron chi connectivity index (χ1n) is 10.7. The molecule has 0 radical (unpaired) electrons. The van der Waals surface area contributed by atoms with Gasteiger partial charge in [0.05, 0.1) is 17.4 Å². The minimum absolute atomic E-state index is 0.0115. The number of unbranched alkanes of at least 4 members (excludes halogenated alkanes) is 2. The van der Waals surface area contributed by atoms with Gasteiger partial charge >= 0.3 is 5.97 Å². The van der Waals surface area contributed by atoms with Crippen molar-refractivity contribution < 1.29 is 9.53 Å². The predicted molar refractivity (Wildman–Crippen MR) is 101 cm³/mol. The molecule has 0 unspecified atom stereocenters. The molecule has 142 valence electrons. The number of hydrogen-bond donors (Lipinski definition) is 0. The standard InChI is InChI=1S/C22H37NO2/c1-3-5-6-7-18-8-10-20(11-9-18)25-21(24)19-12-15-22(17-23,14-4-2)16-13-19/h18-20H,3-16H2,1-2H3/t18?,19-,20?,22-. The molecule has 0 amide bonds. The summed E-state index contributed by atoms with van der Waals surface area (Å²) in [6, 6.07) is 2.53. The van der Waals surface area contributed by atoms with Gasteiger partial charge in [-0.3, -0.25) is 4.79 Å². The number of nitriles is 1. The van der Waals surface area contributed by atoms with E-state index in [1.165, 1.54) is 38.5 Å². The number of hydrogen-bond acceptors (Lipinski definition) is 3. The Morgan fingerprint density at radius 2 is 1.72 bits per heavy atom. The van der Waals surface area contributed by atoms with Crippen molar-refractivity contribution in [3.63, 3.8) is 0 Å². The van der Waals surface area contributed by atoms with Crippen LogP contribution in [0.4, 0.5) is 0 Å². The Balaban J connectivity index is 1.69. The van der Waals surface area contributed by atoms with Gasteiger partial charge in [-0.2, -0.15) is 5.26 Å². The average molecular weight is 348 g/mol. The summed E-state index contributed by atoms with van der Waals surface area (Å²) >= 11 is 0. The molecule has 3 heteroatoms. The van der Waals surface area contributed by atoms with Crippen LogP contribution in [-0.4, -0.2) is 12.1 Å². The van der Waals surface area contributed by atoms with E-state index in [0.29, 0.717) is 0 Å². The van der Waals surface area contributed by atoms with Gasteiger partial charge in [-0.15, -0.1) is 0 Å². The molecule has 0 N–H and O–H groups in total. The van der Waals surface area contributed by atoms with Crippen molar-refractivity contribution in [2.75, 3.05) is 0 Å². The molecule has 2 fully saturated rings. The van der Waals surface area contributed by atoms with E-state index in [-0.39, 0.29) is 23.4 Å². The number of esters is 1. The highest BCUT2D eigenvalue weighted by molar-refractivity contribution is 5.72. The molecule has 25 heavy (non-hydrogen) atoms. The van der Waals surface area contributed by atoms with Crippen LogP contribution in [0, 0.1) is 28.6 Å². The summed E-state index contributed by atoms with van der Waals surface area (Å²) in [6.45, 7) is 4.39. The van der Waals surface area contributed by atoms with Crippen LogP contribution in [0.25, 0.3) is 0 Å². The molecule has 0 aromatic carbocycles. The first-order valence-corrected chi connectivity index (χ1v) is 10.7. The normalized spacial score (nSPS) is 32.8. The Morgan fingerprint density at radius 3 is 2.28 bits per heavy atom. The Hall–Kier alpha value is -1.04. The van der Waals surface area contributed by atoms with Crippen LogP contribution in [-0.2, 0) is 9.53 Å². The van der Waals surface area contributed by atoms with Crippen molar-refractivity contribution >= 4 is 5.97 Å². The minimum atomic E-state index is -0.178. The lowest BCUT2D eigenvalue weighted by Crippen LogP contribution is -2.33. The lowest BCUT2D eigenvalue weighted by atomic mass is 9.69. The lowest BCUT2D eigenvalue weighted by molar-refractivity contribution is -0.157. The van der Waals surface area contributed by atoms with Crippen molar-refractivity contribution in [2.24, 2.45) is 17.3 Å². The fourth-order valence-corrected chi connectivity index (χ4v) is 4.78. The molecule has 0 atom stereocenters. The molecule has 2 saturated carbocycles. The predicted octanol–water partition coefficient (Wildman–Crippen LogP) is 6.17. The monoisotopic (exact) mass is 347 g/mol. The van der Waals surface area contributed by atoms with Crippen molar-refractivity contribution in [3.05, 3.63) is 0 Å². The zero-order valence-corrected chi connectivity index (χ0v) is 16.4. The van der Waals surface area contributed by atoms with Gasteiger partial charge in [0.15, 0.2) is 0 Å². The third-order valence-electron chi connectivity index (χ3n) is 6.53. The van der Waals surface area contributed by atoms with Crippen LogP contribution < -0.4 is 0 Å². The number of carbonyl (C=O) groups excluding carboxylic acids is 1. The van der Waals surface area contributed by atoms with Gasteiger partial charge in [0.2, 0.25) is 0 Å². The SMILES string of the molecule is CCCCCC1CCC(OC(=O)[C@H]2CC[C@@](C#N)(CCC)CC2)CC1. The molecule has 2 aliphatic carbocycles. The van der Waals surface area contributed by atoms with E-state index in [0.717, 1.165) is 57.3 Å². The summed E-state index contributed by atoms with van der Waals surface area (Å²) in [5, 5.41) is 9.49. The maximum atomic E-state index is 12.5. The average Bonchev–Trinajstić information content (AvgIpc) is 2.64. The molecule has 0 heterocycles. The smallest absolute Gasteiger partial charge is 0.309 e. The van der Waals surface area contributed by atoms with Crippen molar-refractivity contribution in [1.82, 2.24) is 0 Å². The van der Waals surface area contributed by atoms with Crippen molar-refractivity contribution in [2.45, 2.75) is 110 Å². The van der Waals surface area contributed by atoms with Gasteiger partial charge < -0.3 is 4.74 Å². The molecule has 3 nitrogen and oxygen atoms in total. The summed E-state index contributed by atoms with van der Waals surface area (Å²) in [6.07, 6.45) is 15.4. The third-order valence-corrected chi connectivity index (χ3v) is 6.53. The van der Waals surface area contributed by atoms with Crippen LogP contribution in [0.2, 0.25) is 0 Å². The van der Waals surface area contributed by atoms with Crippen LogP contribution in [0.15, 0.2) is 0 Å². The number of ether oxygens (including phenoxy) is 1. The largest absolute Gasteiger partial charge is 0.462 e. The fourth-order valence-electron chi connectivity index (χ4n) is 4.78. The third kappa shape index (κ3) is 6.01. The molecular weight excluding hydrogens is 310 g/mol. The lowest BCUT2D eigenvalue weighted by Gasteiger charge is -2.35. The van der Waals surface area contributed by atoms with E-state index >= 15 is 0 Å². The van der Waals surface area contributed by atoms with Crippen LogP contribution in [0.1, 0.15) is 104 Å². The second-order valence-electron chi connectivity index (χ2n) is 8.49. The molecule has 0 aromatic heterocycles. The first-order chi connectivity index (χ1) is 12.1. The van der Waals surface area contributed by atoms with Crippen LogP contribution in [0.5, 0.6) is 0 Å². The topological polar surface area (TPSA) is 50.1 Å². The summed E-state index contributed by atoms with van der Waals surface area (Å²) in [4.78, 5) is 12.5. The molecule has 0 aliphatic heterocycles. The van der Waals surface area contributed by atoms with Gasteiger partial charge in [-0.25, -0.2) is 0 Å². The summed E-state index contributed by atoms with van der Waals surface area (Å²) in [7, 11) is 0. The van der Waals surface area contributed by atoms with Crippen molar-refractivity contribution in [1.29, 1.82) is 5.26 Å². The van der Waals surface area contributed by atoms with E-state index in [9.17, 15) is 10.1 Å². The molecular formula is C22H37NO2. The Morgan fingerprint density at radius 1 is 1.04 bits per heavy atom. The van der Waals surface area contributed by atoms with Gasteiger partial charge in [0.25, 0.3) is 0 Å². The highest BCUT2D eigenvalue weighted by atomic mass is 16.5. The molecule has 2 rings (SSSR count). The Kier molecular flexibility index (Phi) is 8.27. The number of carbonyl (C=O) groups is 1. The zero-order chi connectivity index (χ0) is 18.1. The fraction of sp³-hybridized carbons (Fsp3) is 0.909. The number of rotatable bonds is 8. The molecule has 0 aromatic rings. The highest BCUT2D eigenvalue weighted by Gasteiger charge is 2.38. The first kappa shape index (κ1) is 20.3. The Labute approximate surface area is 154 Å². The van der Waals surface area contributed by atoms with Gasteiger partial charge in [-0.1, -0.05) is 46.0 Å². The van der Waals surface area contributed by atoms with Gasteiger partial charge in [-0.05, 0) is 63.7 Å². The molecule has 0 spiro atoms. The van der Waals surface area contributed by atoms with Gasteiger partial charge in [0.1, 0.15) is 6.10 Å². The second-order valence-corrected chi connectivity index (χ2v) is 8.49. The maximum Gasteiger partial charge on any atom is 0.309 e. The minimum Gasteiger partial charge on any atom is -0.462 e. The second kappa shape index (κ2) is 10.2. The summed E-state index contributed by atoms with van der Waals surface area (Å²) in [5.41, 5.74) is -0.178. The van der Waals surface area contributed by atoms with Crippen molar-refractivity contribution in [3.8, 4) is 6.07 Å². The van der Waals surface area contributed by atoms with E-state index in [4.69, 9.17) is 4.74 Å². The van der Waals surface area contributed by atoms with Gasteiger partial charge in [0, 0.05) is 0 Å². The van der Waals surface area contributed by atoms with Crippen LogP contribution >= 0.6 is 0 Å².